The number of aryl methyl sites for hydroxylation is 2. The lowest BCUT2D eigenvalue weighted by atomic mass is 9.93. The van der Waals surface area contributed by atoms with Gasteiger partial charge in [0.05, 0.1) is 5.69 Å². The van der Waals surface area contributed by atoms with E-state index < -0.39 is 0 Å². The Hall–Kier alpha value is -2.21. The lowest BCUT2D eigenvalue weighted by Gasteiger charge is -2.17. The van der Waals surface area contributed by atoms with Gasteiger partial charge in [0.1, 0.15) is 0 Å². The van der Waals surface area contributed by atoms with E-state index in [9.17, 15) is 9.59 Å². The van der Waals surface area contributed by atoms with Gasteiger partial charge >= 0.3 is 0 Å². The van der Waals surface area contributed by atoms with Crippen molar-refractivity contribution in [2.45, 2.75) is 39.0 Å². The number of nitrogens with one attached hydrogen (secondary N) is 2. The summed E-state index contributed by atoms with van der Waals surface area (Å²) in [7, 11) is 0. The van der Waals surface area contributed by atoms with Gasteiger partial charge in [0.15, 0.2) is 5.13 Å². The summed E-state index contributed by atoms with van der Waals surface area (Å²) < 4.78 is 0. The van der Waals surface area contributed by atoms with E-state index in [1.54, 1.807) is 23.5 Å². The first-order valence-corrected chi connectivity index (χ1v) is 9.13. The standard InChI is InChI=1S/C18H19N3O2S/c1-10-2-5-14-15(8-10)24-18(20-14)21-17(23)12-3-6-13-11(9-12)4-7-16(22)19-13/h3,6,9-10H,2,4-5,7-8H2,1H3,(H,19,22)(H,20,21,23)/t10-/m0/s1. The van der Waals surface area contributed by atoms with Crippen LogP contribution < -0.4 is 10.6 Å². The summed E-state index contributed by atoms with van der Waals surface area (Å²) in [6.45, 7) is 2.26. The third-order valence-corrected chi connectivity index (χ3v) is 5.70. The first kappa shape index (κ1) is 15.3. The van der Waals surface area contributed by atoms with Gasteiger partial charge in [-0.15, -0.1) is 11.3 Å². The summed E-state index contributed by atoms with van der Waals surface area (Å²) in [4.78, 5) is 29.8. The van der Waals surface area contributed by atoms with Crippen LogP contribution in [-0.2, 0) is 24.1 Å². The largest absolute Gasteiger partial charge is 0.326 e. The minimum atomic E-state index is -0.145. The quantitative estimate of drug-likeness (QED) is 0.879. The van der Waals surface area contributed by atoms with Gasteiger partial charge in [-0.2, -0.15) is 0 Å². The van der Waals surface area contributed by atoms with E-state index in [0.717, 1.165) is 29.8 Å². The molecular formula is C18H19N3O2S. The lowest BCUT2D eigenvalue weighted by molar-refractivity contribution is -0.116. The summed E-state index contributed by atoms with van der Waals surface area (Å²) in [5.41, 5.74) is 3.56. The molecule has 2 heterocycles. The molecule has 2 aromatic rings. The molecular weight excluding hydrogens is 322 g/mol. The van der Waals surface area contributed by atoms with Crippen LogP contribution in [0.1, 0.15) is 46.3 Å². The molecule has 0 saturated carbocycles. The monoisotopic (exact) mass is 341 g/mol. The molecule has 1 aliphatic heterocycles. The van der Waals surface area contributed by atoms with E-state index in [1.165, 1.54) is 11.3 Å². The molecule has 2 aliphatic rings. The van der Waals surface area contributed by atoms with Crippen LogP contribution in [0.3, 0.4) is 0 Å². The fourth-order valence-corrected chi connectivity index (χ4v) is 4.45. The Morgan fingerprint density at radius 3 is 3.08 bits per heavy atom. The molecule has 1 atom stereocenters. The van der Waals surface area contributed by atoms with Crippen LogP contribution >= 0.6 is 11.3 Å². The second-order valence-electron chi connectivity index (χ2n) is 6.61. The zero-order valence-electron chi connectivity index (χ0n) is 13.5. The Morgan fingerprint density at radius 1 is 1.33 bits per heavy atom. The Balaban J connectivity index is 1.51. The lowest BCUT2D eigenvalue weighted by Crippen LogP contribution is -2.20. The SMILES string of the molecule is C[C@H]1CCc2nc(NC(=O)c3ccc4c(c3)CCC(=O)N4)sc2C1. The molecule has 0 unspecified atom stereocenters. The van der Waals surface area contributed by atoms with Gasteiger partial charge in [-0.05, 0) is 55.4 Å². The highest BCUT2D eigenvalue weighted by Crippen LogP contribution is 2.32. The summed E-state index contributed by atoms with van der Waals surface area (Å²) in [6, 6.07) is 5.41. The topological polar surface area (TPSA) is 71.1 Å². The zero-order valence-corrected chi connectivity index (χ0v) is 14.3. The third kappa shape index (κ3) is 2.94. The fourth-order valence-electron chi connectivity index (χ4n) is 3.29. The Kier molecular flexibility index (Phi) is 3.84. The molecule has 0 saturated heterocycles. The second-order valence-corrected chi connectivity index (χ2v) is 7.69. The Morgan fingerprint density at radius 2 is 2.21 bits per heavy atom. The number of carbonyl (C=O) groups is 2. The van der Waals surface area contributed by atoms with Crippen molar-refractivity contribution in [1.82, 2.24) is 4.98 Å². The van der Waals surface area contributed by atoms with Crippen molar-refractivity contribution < 1.29 is 9.59 Å². The fraction of sp³-hybridized carbons (Fsp3) is 0.389. The molecule has 124 valence electrons. The molecule has 2 amide bonds. The number of benzene rings is 1. The van der Waals surface area contributed by atoms with E-state index in [1.807, 2.05) is 6.07 Å². The number of hydrogen-bond donors (Lipinski definition) is 2. The number of rotatable bonds is 2. The van der Waals surface area contributed by atoms with Crippen LogP contribution in [-0.4, -0.2) is 16.8 Å². The average molecular weight is 341 g/mol. The van der Waals surface area contributed by atoms with Crippen LogP contribution in [0.4, 0.5) is 10.8 Å². The third-order valence-electron chi connectivity index (χ3n) is 4.67. The molecule has 0 radical (unpaired) electrons. The maximum atomic E-state index is 12.5. The summed E-state index contributed by atoms with van der Waals surface area (Å²) in [5.74, 6) is 0.577. The van der Waals surface area contributed by atoms with Gasteiger partial charge in [-0.25, -0.2) is 4.98 Å². The van der Waals surface area contributed by atoms with Gasteiger partial charge in [-0.3, -0.25) is 14.9 Å². The number of carbonyl (C=O) groups excluding carboxylic acids is 2. The molecule has 0 fully saturated rings. The molecule has 1 aromatic heterocycles. The van der Waals surface area contributed by atoms with Crippen molar-refractivity contribution in [3.63, 3.8) is 0 Å². The van der Waals surface area contributed by atoms with Crippen molar-refractivity contribution in [2.75, 3.05) is 10.6 Å². The number of amides is 2. The zero-order chi connectivity index (χ0) is 16.7. The number of thiazole rings is 1. The molecule has 0 spiro atoms. The smallest absolute Gasteiger partial charge is 0.257 e. The van der Waals surface area contributed by atoms with Crippen LogP contribution in [0, 0.1) is 5.92 Å². The van der Waals surface area contributed by atoms with E-state index >= 15 is 0 Å². The summed E-state index contributed by atoms with van der Waals surface area (Å²) in [5, 5.41) is 6.44. The number of nitrogens with zero attached hydrogens (tertiary/aromatic N) is 1. The van der Waals surface area contributed by atoms with Crippen LogP contribution in [0.2, 0.25) is 0 Å². The first-order chi connectivity index (χ1) is 11.6. The maximum absolute atomic E-state index is 12.5. The predicted octanol–water partition coefficient (Wildman–Crippen LogP) is 3.40. The summed E-state index contributed by atoms with van der Waals surface area (Å²) >= 11 is 1.59. The van der Waals surface area contributed by atoms with Crippen molar-refractivity contribution >= 4 is 34.0 Å². The Bertz CT molecular complexity index is 828. The number of fused-ring (bicyclic) bond motifs is 2. The number of aromatic nitrogens is 1. The average Bonchev–Trinajstić information content (AvgIpc) is 2.95. The van der Waals surface area contributed by atoms with Crippen molar-refractivity contribution in [2.24, 2.45) is 5.92 Å². The normalized spacial score (nSPS) is 19.2. The van der Waals surface area contributed by atoms with Crippen LogP contribution in [0.5, 0.6) is 0 Å². The van der Waals surface area contributed by atoms with Gasteiger partial charge in [-0.1, -0.05) is 6.92 Å². The maximum Gasteiger partial charge on any atom is 0.257 e. The van der Waals surface area contributed by atoms with E-state index in [4.69, 9.17) is 0 Å². The number of anilines is 2. The Labute approximate surface area is 144 Å². The molecule has 5 nitrogen and oxygen atoms in total. The molecule has 1 aromatic carbocycles. The highest BCUT2D eigenvalue weighted by Gasteiger charge is 2.21. The molecule has 6 heteroatoms. The van der Waals surface area contributed by atoms with Gasteiger partial charge in [0, 0.05) is 22.5 Å². The van der Waals surface area contributed by atoms with E-state index in [-0.39, 0.29) is 11.8 Å². The molecule has 0 bridgehead atoms. The van der Waals surface area contributed by atoms with E-state index in [2.05, 4.69) is 22.5 Å². The minimum Gasteiger partial charge on any atom is -0.326 e. The van der Waals surface area contributed by atoms with Gasteiger partial charge in [0.25, 0.3) is 5.91 Å². The molecule has 4 rings (SSSR count). The summed E-state index contributed by atoms with van der Waals surface area (Å²) in [6.07, 6.45) is 4.37. The van der Waals surface area contributed by atoms with Gasteiger partial charge in [0.2, 0.25) is 5.91 Å². The molecule has 2 N–H and O–H groups in total. The van der Waals surface area contributed by atoms with Crippen molar-refractivity contribution in [3.8, 4) is 0 Å². The highest BCUT2D eigenvalue weighted by molar-refractivity contribution is 7.15. The van der Waals surface area contributed by atoms with Crippen LogP contribution in [0.15, 0.2) is 18.2 Å². The van der Waals surface area contributed by atoms with Crippen LogP contribution in [0.25, 0.3) is 0 Å². The van der Waals surface area contributed by atoms with Crippen molar-refractivity contribution in [3.05, 3.63) is 39.9 Å². The minimum absolute atomic E-state index is 0.0299. The predicted molar refractivity (Wildman–Crippen MR) is 94.6 cm³/mol. The molecule has 24 heavy (non-hydrogen) atoms. The molecule has 1 aliphatic carbocycles. The second kappa shape index (κ2) is 6.02. The number of hydrogen-bond acceptors (Lipinski definition) is 4. The first-order valence-electron chi connectivity index (χ1n) is 8.31. The van der Waals surface area contributed by atoms with Crippen molar-refractivity contribution in [1.29, 1.82) is 0 Å². The van der Waals surface area contributed by atoms with Gasteiger partial charge < -0.3 is 5.32 Å². The highest BCUT2D eigenvalue weighted by atomic mass is 32.1. The van der Waals surface area contributed by atoms with E-state index in [0.29, 0.717) is 29.5 Å².